The van der Waals surface area contributed by atoms with Crippen LogP contribution in [0.1, 0.15) is 54.5 Å². The van der Waals surface area contributed by atoms with Crippen molar-refractivity contribution in [3.63, 3.8) is 0 Å². The molecule has 0 aliphatic carbocycles. The van der Waals surface area contributed by atoms with E-state index < -0.39 is 0 Å². The Morgan fingerprint density at radius 1 is 1.21 bits per heavy atom. The minimum Gasteiger partial charge on any atom is -0.342 e. The number of benzene rings is 1. The number of aromatic nitrogens is 3. The van der Waals surface area contributed by atoms with Crippen molar-refractivity contribution < 1.29 is 4.79 Å². The average Bonchev–Trinajstić information content (AvgIpc) is 2.92. The number of H-pyrrole nitrogens is 1. The van der Waals surface area contributed by atoms with E-state index in [2.05, 4.69) is 34.3 Å². The summed E-state index contributed by atoms with van der Waals surface area (Å²) in [5, 5.41) is 9.38. The van der Waals surface area contributed by atoms with Crippen LogP contribution < -0.4 is 5.32 Å². The zero-order valence-electron chi connectivity index (χ0n) is 11.3. The molecule has 1 heterocycles. The lowest BCUT2D eigenvalue weighted by Crippen LogP contribution is -2.27. The van der Waals surface area contributed by atoms with Crippen molar-refractivity contribution in [1.82, 2.24) is 20.5 Å². The Hall–Kier alpha value is -2.17. The summed E-state index contributed by atoms with van der Waals surface area (Å²) in [4.78, 5) is 16.1. The fourth-order valence-electron chi connectivity index (χ4n) is 1.79. The van der Waals surface area contributed by atoms with Gasteiger partial charge in [-0.05, 0) is 30.5 Å². The topological polar surface area (TPSA) is 70.7 Å². The van der Waals surface area contributed by atoms with Crippen LogP contribution in [-0.2, 0) is 0 Å². The van der Waals surface area contributed by atoms with Crippen molar-refractivity contribution in [2.45, 2.75) is 32.7 Å². The van der Waals surface area contributed by atoms with Gasteiger partial charge in [0.15, 0.2) is 0 Å². The van der Waals surface area contributed by atoms with Crippen LogP contribution in [0.4, 0.5) is 0 Å². The first kappa shape index (κ1) is 13.3. The van der Waals surface area contributed by atoms with E-state index in [1.165, 1.54) is 11.9 Å². The zero-order chi connectivity index (χ0) is 13.8. The van der Waals surface area contributed by atoms with Gasteiger partial charge in [-0.3, -0.25) is 9.89 Å². The summed E-state index contributed by atoms with van der Waals surface area (Å²) in [7, 11) is 0. The van der Waals surface area contributed by atoms with E-state index in [1.54, 1.807) is 0 Å². The van der Waals surface area contributed by atoms with Crippen LogP contribution in [0.25, 0.3) is 0 Å². The highest BCUT2D eigenvalue weighted by molar-refractivity contribution is 5.94. The van der Waals surface area contributed by atoms with Gasteiger partial charge in [-0.25, -0.2) is 4.98 Å². The van der Waals surface area contributed by atoms with Crippen molar-refractivity contribution in [3.8, 4) is 0 Å². The maximum absolute atomic E-state index is 12.1. The molecule has 0 radical (unpaired) electrons. The lowest BCUT2D eigenvalue weighted by atomic mass is 10.0. The Morgan fingerprint density at radius 2 is 1.89 bits per heavy atom. The molecule has 1 unspecified atom stereocenters. The summed E-state index contributed by atoms with van der Waals surface area (Å²) in [6, 6.07) is 7.47. The van der Waals surface area contributed by atoms with Crippen LogP contribution in [0.2, 0.25) is 0 Å². The van der Waals surface area contributed by atoms with Gasteiger partial charge in [0.2, 0.25) is 0 Å². The summed E-state index contributed by atoms with van der Waals surface area (Å²) in [5.74, 6) is 0.997. The van der Waals surface area contributed by atoms with Crippen molar-refractivity contribution in [2.24, 2.45) is 0 Å². The molecule has 100 valence electrons. The first-order valence-electron chi connectivity index (χ1n) is 6.34. The normalized spacial score (nSPS) is 12.4. The number of rotatable bonds is 4. The van der Waals surface area contributed by atoms with Gasteiger partial charge >= 0.3 is 0 Å². The molecule has 1 atom stereocenters. The minimum absolute atomic E-state index is 0.112. The van der Waals surface area contributed by atoms with Crippen LogP contribution in [0.3, 0.4) is 0 Å². The van der Waals surface area contributed by atoms with Crippen LogP contribution >= 0.6 is 0 Å². The molecule has 5 heteroatoms. The molecular weight excluding hydrogens is 240 g/mol. The molecular formula is C14H18N4O. The van der Waals surface area contributed by atoms with E-state index in [0.29, 0.717) is 17.3 Å². The molecule has 0 saturated heterocycles. The third-order valence-corrected chi connectivity index (χ3v) is 3.03. The maximum Gasteiger partial charge on any atom is 0.251 e. The minimum atomic E-state index is -0.195. The number of carbonyl (C=O) groups is 1. The summed E-state index contributed by atoms with van der Waals surface area (Å²) >= 11 is 0. The second-order valence-electron chi connectivity index (χ2n) is 4.84. The highest BCUT2D eigenvalue weighted by atomic mass is 16.1. The van der Waals surface area contributed by atoms with Crippen molar-refractivity contribution in [1.29, 1.82) is 0 Å². The summed E-state index contributed by atoms with van der Waals surface area (Å²) in [5.41, 5.74) is 1.87. The number of nitrogens with one attached hydrogen (secondary N) is 2. The van der Waals surface area contributed by atoms with E-state index in [1.807, 2.05) is 31.2 Å². The molecule has 2 N–H and O–H groups in total. The smallest absolute Gasteiger partial charge is 0.251 e. The van der Waals surface area contributed by atoms with Gasteiger partial charge in [0.25, 0.3) is 5.91 Å². The first-order chi connectivity index (χ1) is 9.08. The van der Waals surface area contributed by atoms with Gasteiger partial charge in [0, 0.05) is 5.56 Å². The third kappa shape index (κ3) is 3.19. The Kier molecular flexibility index (Phi) is 3.94. The van der Waals surface area contributed by atoms with Crippen molar-refractivity contribution in [3.05, 3.63) is 47.5 Å². The number of hydrogen-bond donors (Lipinski definition) is 2. The average molecular weight is 258 g/mol. The fourth-order valence-corrected chi connectivity index (χ4v) is 1.79. The van der Waals surface area contributed by atoms with Crippen LogP contribution in [0, 0.1) is 0 Å². The van der Waals surface area contributed by atoms with Crippen LogP contribution in [-0.4, -0.2) is 21.1 Å². The lowest BCUT2D eigenvalue weighted by Gasteiger charge is -2.12. The van der Waals surface area contributed by atoms with Crippen LogP contribution in [0.15, 0.2) is 30.6 Å². The van der Waals surface area contributed by atoms with Gasteiger partial charge in [0.05, 0.1) is 6.04 Å². The predicted octanol–water partition coefficient (Wildman–Crippen LogP) is 2.42. The van der Waals surface area contributed by atoms with Gasteiger partial charge in [0.1, 0.15) is 12.2 Å². The molecule has 0 spiro atoms. The summed E-state index contributed by atoms with van der Waals surface area (Å²) in [6.07, 6.45) is 1.43. The highest BCUT2D eigenvalue weighted by Crippen LogP contribution is 2.15. The number of hydrogen-bond acceptors (Lipinski definition) is 3. The number of amides is 1. The molecule has 0 saturated carbocycles. The van der Waals surface area contributed by atoms with Gasteiger partial charge in [-0.1, -0.05) is 26.0 Å². The number of aromatic amines is 1. The van der Waals surface area contributed by atoms with E-state index in [4.69, 9.17) is 0 Å². The molecule has 0 fully saturated rings. The van der Waals surface area contributed by atoms with Gasteiger partial charge < -0.3 is 5.32 Å². The Morgan fingerprint density at radius 3 is 2.42 bits per heavy atom. The predicted molar refractivity (Wildman–Crippen MR) is 72.8 cm³/mol. The summed E-state index contributed by atoms with van der Waals surface area (Å²) in [6.45, 7) is 6.11. The third-order valence-electron chi connectivity index (χ3n) is 3.03. The van der Waals surface area contributed by atoms with E-state index in [0.717, 1.165) is 0 Å². The molecule has 0 aliphatic heterocycles. The highest BCUT2D eigenvalue weighted by Gasteiger charge is 2.13. The first-order valence-corrected chi connectivity index (χ1v) is 6.34. The molecule has 1 aromatic heterocycles. The molecule has 0 bridgehead atoms. The van der Waals surface area contributed by atoms with Gasteiger partial charge in [-0.15, -0.1) is 0 Å². The lowest BCUT2D eigenvalue weighted by molar-refractivity contribution is 0.0938. The van der Waals surface area contributed by atoms with E-state index >= 15 is 0 Å². The van der Waals surface area contributed by atoms with Crippen molar-refractivity contribution in [2.75, 3.05) is 0 Å². The second kappa shape index (κ2) is 5.65. The molecule has 19 heavy (non-hydrogen) atoms. The van der Waals surface area contributed by atoms with E-state index in [-0.39, 0.29) is 11.9 Å². The monoisotopic (exact) mass is 258 g/mol. The van der Waals surface area contributed by atoms with Crippen molar-refractivity contribution >= 4 is 5.91 Å². The quantitative estimate of drug-likeness (QED) is 0.884. The second-order valence-corrected chi connectivity index (χ2v) is 4.84. The molecule has 0 aliphatic rings. The maximum atomic E-state index is 12.1. The fraction of sp³-hybridized carbons (Fsp3) is 0.357. The SMILES string of the molecule is CC(C)c1ccc(C(=O)NC(C)c2ncn[nH]2)cc1. The summed E-state index contributed by atoms with van der Waals surface area (Å²) < 4.78 is 0. The molecule has 2 aromatic rings. The number of nitrogens with zero attached hydrogens (tertiary/aromatic N) is 2. The largest absolute Gasteiger partial charge is 0.342 e. The molecule has 5 nitrogen and oxygen atoms in total. The molecule has 2 rings (SSSR count). The Bertz CT molecular complexity index is 531. The number of carbonyl (C=O) groups excluding carboxylic acids is 1. The molecule has 1 amide bonds. The van der Waals surface area contributed by atoms with E-state index in [9.17, 15) is 4.79 Å². The molecule has 1 aromatic carbocycles. The zero-order valence-corrected chi connectivity index (χ0v) is 11.3. The standard InChI is InChI=1S/C14H18N4O/c1-9(2)11-4-6-12(7-5-11)14(19)17-10(3)13-15-8-16-18-13/h4-10H,1-3H3,(H,17,19)(H,15,16,18). The van der Waals surface area contributed by atoms with Crippen LogP contribution in [0.5, 0.6) is 0 Å². The van der Waals surface area contributed by atoms with Gasteiger partial charge in [-0.2, -0.15) is 5.10 Å². The Balaban J connectivity index is 2.03. The Labute approximate surface area is 112 Å².